The topological polar surface area (TPSA) is 102 Å². The normalized spacial score (nSPS) is 17.3. The summed E-state index contributed by atoms with van der Waals surface area (Å²) in [4.78, 5) is 20.9. The molecule has 1 heterocycles. The van der Waals surface area contributed by atoms with E-state index < -0.39 is 12.1 Å². The van der Waals surface area contributed by atoms with Crippen LogP contribution in [0.4, 0.5) is 18.9 Å². The van der Waals surface area contributed by atoms with E-state index in [0.717, 1.165) is 42.7 Å². The number of amides is 1. The zero-order chi connectivity index (χ0) is 18.7. The predicted octanol–water partition coefficient (Wildman–Crippen LogP) is 2.46. The maximum atomic E-state index is 12.0. The number of carboxylic acids is 1. The molecule has 0 bridgehead atoms. The fourth-order valence-electron chi connectivity index (χ4n) is 2.66. The number of carbonyl (C=O) groups is 2. The summed E-state index contributed by atoms with van der Waals surface area (Å²) in [5.41, 5.74) is 7.79. The van der Waals surface area contributed by atoms with Crippen LogP contribution in [0.1, 0.15) is 31.2 Å². The van der Waals surface area contributed by atoms with Crippen LogP contribution < -0.4 is 15.8 Å². The highest BCUT2D eigenvalue weighted by Crippen LogP contribution is 2.34. The van der Waals surface area contributed by atoms with Crippen molar-refractivity contribution in [1.29, 1.82) is 0 Å². The second-order valence-electron chi connectivity index (χ2n) is 6.12. The number of benzene rings is 1. The van der Waals surface area contributed by atoms with Crippen molar-refractivity contribution in [1.82, 2.24) is 0 Å². The van der Waals surface area contributed by atoms with E-state index in [-0.39, 0.29) is 11.4 Å². The molecule has 1 amide bonds. The fraction of sp³-hybridized carbons (Fsp3) is 0.500. The average molecular weight is 360 g/mol. The van der Waals surface area contributed by atoms with Crippen LogP contribution in [0, 0.1) is 0 Å². The first-order valence-electron chi connectivity index (χ1n) is 7.74. The van der Waals surface area contributed by atoms with Gasteiger partial charge in [0, 0.05) is 29.6 Å². The lowest BCUT2D eigenvalue weighted by Gasteiger charge is -2.37. The Morgan fingerprint density at radius 3 is 2.48 bits per heavy atom. The standard InChI is InChI=1S/C14H18N2O2.C2HF3O2/c15-14(6-2-7-14)9-13(17)16-11-3-1-4-12-10(11)5-8-18-12;3-2(4,5)1(6)7/h1,3-4H,2,5-9,15H2,(H,16,17);(H,6,7). The van der Waals surface area contributed by atoms with E-state index in [2.05, 4.69) is 5.32 Å². The number of ether oxygens (including phenoxy) is 1. The molecule has 1 saturated carbocycles. The number of hydrogen-bond acceptors (Lipinski definition) is 4. The van der Waals surface area contributed by atoms with Crippen molar-refractivity contribution in [3.05, 3.63) is 23.8 Å². The molecule has 1 aromatic rings. The number of carbonyl (C=O) groups excluding carboxylic acids is 1. The van der Waals surface area contributed by atoms with Gasteiger partial charge >= 0.3 is 12.1 Å². The second kappa shape index (κ2) is 7.30. The van der Waals surface area contributed by atoms with Gasteiger partial charge in [0.1, 0.15) is 5.75 Å². The summed E-state index contributed by atoms with van der Waals surface area (Å²) in [6.07, 6.45) is -0.762. The lowest BCUT2D eigenvalue weighted by Crippen LogP contribution is -2.48. The molecule has 25 heavy (non-hydrogen) atoms. The first-order chi connectivity index (χ1) is 11.6. The van der Waals surface area contributed by atoms with E-state index in [1.165, 1.54) is 0 Å². The number of alkyl halides is 3. The molecule has 0 radical (unpaired) electrons. The van der Waals surface area contributed by atoms with Crippen molar-refractivity contribution in [2.75, 3.05) is 11.9 Å². The molecule has 1 fully saturated rings. The summed E-state index contributed by atoms with van der Waals surface area (Å²) in [7, 11) is 0. The Kier molecular flexibility index (Phi) is 5.56. The van der Waals surface area contributed by atoms with E-state index >= 15 is 0 Å². The molecule has 2 aliphatic rings. The van der Waals surface area contributed by atoms with Gasteiger partial charge in [0.15, 0.2) is 0 Å². The molecule has 0 spiro atoms. The molecule has 1 aromatic carbocycles. The maximum Gasteiger partial charge on any atom is 0.490 e. The van der Waals surface area contributed by atoms with E-state index in [0.29, 0.717) is 13.0 Å². The minimum atomic E-state index is -5.08. The fourth-order valence-corrected chi connectivity index (χ4v) is 2.66. The first-order valence-corrected chi connectivity index (χ1v) is 7.74. The van der Waals surface area contributed by atoms with Crippen LogP contribution in [-0.4, -0.2) is 35.3 Å². The SMILES string of the molecule is NC1(CC(=O)Nc2cccc3c2CCO3)CCC1.O=C(O)C(F)(F)F. The highest BCUT2D eigenvalue weighted by Gasteiger charge is 2.38. The molecular formula is C16H19F3N2O4. The van der Waals surface area contributed by atoms with Gasteiger partial charge in [0.25, 0.3) is 0 Å². The molecule has 1 aliphatic carbocycles. The summed E-state index contributed by atoms with van der Waals surface area (Å²) >= 11 is 0. The van der Waals surface area contributed by atoms with Crippen LogP contribution >= 0.6 is 0 Å². The van der Waals surface area contributed by atoms with Crippen LogP contribution in [0.2, 0.25) is 0 Å². The number of nitrogens with one attached hydrogen (secondary N) is 1. The molecular weight excluding hydrogens is 341 g/mol. The van der Waals surface area contributed by atoms with Crippen molar-refractivity contribution in [2.24, 2.45) is 5.73 Å². The minimum absolute atomic E-state index is 0.0116. The van der Waals surface area contributed by atoms with Crippen LogP contribution in [0.3, 0.4) is 0 Å². The summed E-state index contributed by atoms with van der Waals surface area (Å²) in [5.74, 6) is -1.86. The molecule has 138 valence electrons. The third kappa shape index (κ3) is 5.09. The largest absolute Gasteiger partial charge is 0.493 e. The van der Waals surface area contributed by atoms with Gasteiger partial charge in [-0.05, 0) is 31.4 Å². The zero-order valence-corrected chi connectivity index (χ0v) is 13.4. The average Bonchev–Trinajstić information content (AvgIpc) is 2.94. The molecule has 0 atom stereocenters. The maximum absolute atomic E-state index is 12.0. The van der Waals surface area contributed by atoms with E-state index in [1.54, 1.807) is 0 Å². The number of nitrogens with two attached hydrogens (primary N) is 1. The van der Waals surface area contributed by atoms with Crippen LogP contribution in [0.5, 0.6) is 5.75 Å². The third-order valence-corrected chi connectivity index (χ3v) is 4.12. The summed E-state index contributed by atoms with van der Waals surface area (Å²) < 4.78 is 37.2. The zero-order valence-electron chi connectivity index (χ0n) is 13.4. The van der Waals surface area contributed by atoms with Crippen molar-refractivity contribution in [3.8, 4) is 5.75 Å². The predicted molar refractivity (Wildman–Crippen MR) is 83.3 cm³/mol. The van der Waals surface area contributed by atoms with E-state index in [4.69, 9.17) is 20.4 Å². The first kappa shape index (κ1) is 19.0. The van der Waals surface area contributed by atoms with Gasteiger partial charge in [-0.2, -0.15) is 13.2 Å². The Balaban J connectivity index is 0.000000277. The molecule has 3 rings (SSSR count). The Hall–Kier alpha value is -2.29. The van der Waals surface area contributed by atoms with Crippen molar-refractivity contribution in [3.63, 3.8) is 0 Å². The second-order valence-corrected chi connectivity index (χ2v) is 6.12. The van der Waals surface area contributed by atoms with Crippen molar-refractivity contribution < 1.29 is 32.6 Å². The Morgan fingerprint density at radius 1 is 1.32 bits per heavy atom. The van der Waals surface area contributed by atoms with Crippen molar-refractivity contribution >= 4 is 17.6 Å². The third-order valence-electron chi connectivity index (χ3n) is 4.12. The number of fused-ring (bicyclic) bond motifs is 1. The minimum Gasteiger partial charge on any atom is -0.493 e. The lowest BCUT2D eigenvalue weighted by molar-refractivity contribution is -0.192. The van der Waals surface area contributed by atoms with Crippen LogP contribution in [-0.2, 0) is 16.0 Å². The van der Waals surface area contributed by atoms with E-state index in [1.807, 2.05) is 18.2 Å². The number of anilines is 1. The molecule has 4 N–H and O–H groups in total. The Labute approximate surface area is 142 Å². The summed E-state index contributed by atoms with van der Waals surface area (Å²) in [6, 6.07) is 5.77. The molecule has 0 unspecified atom stereocenters. The Morgan fingerprint density at radius 2 is 1.96 bits per heavy atom. The van der Waals surface area contributed by atoms with Gasteiger partial charge in [-0.15, -0.1) is 0 Å². The Bertz CT molecular complexity index is 657. The summed E-state index contributed by atoms with van der Waals surface area (Å²) in [5, 5.41) is 10.1. The summed E-state index contributed by atoms with van der Waals surface area (Å²) in [6.45, 7) is 0.697. The molecule has 6 nitrogen and oxygen atoms in total. The van der Waals surface area contributed by atoms with Gasteiger partial charge < -0.3 is 20.9 Å². The van der Waals surface area contributed by atoms with Crippen LogP contribution in [0.25, 0.3) is 0 Å². The number of rotatable bonds is 3. The highest BCUT2D eigenvalue weighted by molar-refractivity contribution is 5.92. The van der Waals surface area contributed by atoms with Crippen molar-refractivity contribution in [2.45, 2.75) is 43.8 Å². The number of halogens is 3. The molecule has 0 saturated heterocycles. The smallest absolute Gasteiger partial charge is 0.490 e. The number of hydrogen-bond donors (Lipinski definition) is 3. The molecule has 9 heteroatoms. The highest BCUT2D eigenvalue weighted by atomic mass is 19.4. The van der Waals surface area contributed by atoms with E-state index in [9.17, 15) is 18.0 Å². The van der Waals surface area contributed by atoms with Gasteiger partial charge in [0.05, 0.1) is 6.61 Å². The molecule has 1 aliphatic heterocycles. The van der Waals surface area contributed by atoms with Gasteiger partial charge in [-0.1, -0.05) is 6.07 Å². The van der Waals surface area contributed by atoms with Gasteiger partial charge in [0.2, 0.25) is 5.91 Å². The quantitative estimate of drug-likeness (QED) is 0.769. The lowest BCUT2D eigenvalue weighted by atomic mass is 9.75. The molecule has 0 aromatic heterocycles. The van der Waals surface area contributed by atoms with Crippen LogP contribution in [0.15, 0.2) is 18.2 Å². The van der Waals surface area contributed by atoms with Gasteiger partial charge in [-0.3, -0.25) is 4.79 Å². The number of carboxylic acid groups (broad SMARTS) is 1. The van der Waals surface area contributed by atoms with Gasteiger partial charge in [-0.25, -0.2) is 4.79 Å². The monoisotopic (exact) mass is 360 g/mol. The number of aliphatic carboxylic acids is 1.